The van der Waals surface area contributed by atoms with Crippen molar-refractivity contribution in [2.75, 3.05) is 0 Å². The van der Waals surface area contributed by atoms with E-state index < -0.39 is 6.43 Å². The molecule has 1 aromatic rings. The summed E-state index contributed by atoms with van der Waals surface area (Å²) in [7, 11) is 0. The number of halogens is 3. The van der Waals surface area contributed by atoms with Crippen molar-refractivity contribution in [3.63, 3.8) is 0 Å². The molecule has 0 N–H and O–H groups in total. The molecule has 1 rings (SSSR count). The lowest BCUT2D eigenvalue weighted by Gasteiger charge is -1.85. The van der Waals surface area contributed by atoms with Crippen molar-refractivity contribution in [1.29, 1.82) is 0 Å². The van der Waals surface area contributed by atoms with E-state index in [1.165, 1.54) is 24.3 Å². The Balaban J connectivity index is 2.89. The minimum atomic E-state index is -1.68. The first-order chi connectivity index (χ1) is 4.70. The summed E-state index contributed by atoms with van der Waals surface area (Å²) in [5, 5.41) is 0.463. The molecule has 0 aliphatic heterocycles. The van der Waals surface area contributed by atoms with E-state index in [1.54, 1.807) is 0 Å². The molecule has 0 aliphatic rings. The second-order valence-electron chi connectivity index (χ2n) is 1.77. The Morgan fingerprint density at radius 3 is 2.00 bits per heavy atom. The first kappa shape index (κ1) is 7.35. The quantitative estimate of drug-likeness (QED) is 0.555. The van der Waals surface area contributed by atoms with Gasteiger partial charge in [-0.2, -0.15) is 0 Å². The molecule has 0 atom stereocenters. The summed E-state index contributed by atoms with van der Waals surface area (Å²) in [4.78, 5) is 0. The summed E-state index contributed by atoms with van der Waals surface area (Å²) in [6.07, 6.45) is -1.68. The van der Waals surface area contributed by atoms with Gasteiger partial charge in [-0.1, -0.05) is 20.4 Å². The Bertz CT molecular complexity index is 205. The second kappa shape index (κ2) is 2.88. The van der Waals surface area contributed by atoms with Crippen LogP contribution in [0.5, 0.6) is 0 Å². The SMILES string of the molecule is F[C+](F)c1ccc(Cl)cc1. The largest absolute Gasteiger partial charge is 0.392 e. The lowest BCUT2D eigenvalue weighted by atomic mass is 10.2. The van der Waals surface area contributed by atoms with Gasteiger partial charge in [0.15, 0.2) is 0 Å². The van der Waals surface area contributed by atoms with Gasteiger partial charge >= 0.3 is 6.43 Å². The van der Waals surface area contributed by atoms with Gasteiger partial charge in [0.1, 0.15) is 0 Å². The van der Waals surface area contributed by atoms with Crippen molar-refractivity contribution in [1.82, 2.24) is 0 Å². The van der Waals surface area contributed by atoms with Crippen LogP contribution in [0.2, 0.25) is 5.02 Å². The van der Waals surface area contributed by atoms with Gasteiger partial charge in [0.2, 0.25) is 5.56 Å². The van der Waals surface area contributed by atoms with Gasteiger partial charge in [0, 0.05) is 12.1 Å². The molecular formula is C7H4ClF2+. The minimum Gasteiger partial charge on any atom is -0.0914 e. The van der Waals surface area contributed by atoms with Crippen molar-refractivity contribution < 1.29 is 8.78 Å². The first-order valence-corrected chi connectivity index (χ1v) is 3.02. The van der Waals surface area contributed by atoms with Crippen LogP contribution in [0.25, 0.3) is 0 Å². The molecule has 10 heavy (non-hydrogen) atoms. The monoisotopic (exact) mass is 161 g/mol. The Morgan fingerprint density at radius 1 is 1.10 bits per heavy atom. The number of hydrogen-bond donors (Lipinski definition) is 0. The van der Waals surface area contributed by atoms with E-state index in [-0.39, 0.29) is 5.56 Å². The normalized spacial score (nSPS) is 9.50. The summed E-state index contributed by atoms with van der Waals surface area (Å²) in [5.74, 6) is 0. The van der Waals surface area contributed by atoms with Gasteiger partial charge in [-0.15, -0.1) is 0 Å². The first-order valence-electron chi connectivity index (χ1n) is 2.64. The Hall–Kier alpha value is -0.760. The molecule has 0 saturated carbocycles. The lowest BCUT2D eigenvalue weighted by molar-refractivity contribution is 0.325. The van der Waals surface area contributed by atoms with Crippen LogP contribution in [-0.2, 0) is 0 Å². The zero-order valence-corrected chi connectivity index (χ0v) is 5.70. The average molecular weight is 162 g/mol. The standard InChI is InChI=1S/C7H4ClF2/c8-6-3-1-5(2-4-6)7(9)10/h1-4H/q+1. The summed E-state index contributed by atoms with van der Waals surface area (Å²) in [6.45, 7) is 0. The summed E-state index contributed by atoms with van der Waals surface area (Å²) >= 11 is 5.46. The molecule has 0 unspecified atom stereocenters. The molecule has 0 aromatic heterocycles. The van der Waals surface area contributed by atoms with E-state index in [9.17, 15) is 8.78 Å². The second-order valence-corrected chi connectivity index (χ2v) is 2.20. The van der Waals surface area contributed by atoms with Crippen LogP contribution in [0.3, 0.4) is 0 Å². The summed E-state index contributed by atoms with van der Waals surface area (Å²) in [6, 6.07) is 5.40. The van der Waals surface area contributed by atoms with E-state index in [0.29, 0.717) is 5.02 Å². The van der Waals surface area contributed by atoms with Crippen LogP contribution in [-0.4, -0.2) is 0 Å². The molecule has 0 amide bonds. The zero-order valence-electron chi connectivity index (χ0n) is 4.94. The van der Waals surface area contributed by atoms with Gasteiger partial charge in [0.05, 0.1) is 17.2 Å². The molecule has 0 bridgehead atoms. The topological polar surface area (TPSA) is 0 Å². The van der Waals surface area contributed by atoms with E-state index in [0.717, 1.165) is 0 Å². The Labute approximate surface area is 62.4 Å². The molecular weight excluding hydrogens is 158 g/mol. The molecule has 0 fully saturated rings. The smallest absolute Gasteiger partial charge is 0.0914 e. The fraction of sp³-hybridized carbons (Fsp3) is 0. The van der Waals surface area contributed by atoms with Gasteiger partial charge in [0.25, 0.3) is 0 Å². The zero-order chi connectivity index (χ0) is 7.56. The van der Waals surface area contributed by atoms with E-state index >= 15 is 0 Å². The fourth-order valence-corrected chi connectivity index (χ4v) is 0.702. The Kier molecular flexibility index (Phi) is 2.12. The van der Waals surface area contributed by atoms with Crippen molar-refractivity contribution in [3.8, 4) is 0 Å². The van der Waals surface area contributed by atoms with Crippen molar-refractivity contribution >= 4 is 11.6 Å². The van der Waals surface area contributed by atoms with Crippen LogP contribution in [0.15, 0.2) is 24.3 Å². The highest BCUT2D eigenvalue weighted by Crippen LogP contribution is 2.19. The van der Waals surface area contributed by atoms with Gasteiger partial charge in [-0.05, 0) is 0 Å². The highest BCUT2D eigenvalue weighted by Gasteiger charge is 2.17. The predicted octanol–water partition coefficient (Wildman–Crippen LogP) is 3.12. The number of benzene rings is 1. The van der Waals surface area contributed by atoms with Gasteiger partial charge in [-0.3, -0.25) is 0 Å². The van der Waals surface area contributed by atoms with Crippen molar-refractivity contribution in [3.05, 3.63) is 41.3 Å². The van der Waals surface area contributed by atoms with Crippen molar-refractivity contribution in [2.24, 2.45) is 0 Å². The maximum absolute atomic E-state index is 11.8. The third-order valence-corrected chi connectivity index (χ3v) is 1.31. The number of hydrogen-bond acceptors (Lipinski definition) is 0. The fourth-order valence-electron chi connectivity index (χ4n) is 0.576. The maximum atomic E-state index is 11.8. The van der Waals surface area contributed by atoms with Crippen LogP contribution in [0.4, 0.5) is 8.78 Å². The average Bonchev–Trinajstić information content (AvgIpc) is 1.88. The molecule has 0 nitrogen and oxygen atoms in total. The van der Waals surface area contributed by atoms with E-state index in [1.807, 2.05) is 0 Å². The summed E-state index contributed by atoms with van der Waals surface area (Å²) < 4.78 is 23.5. The number of rotatable bonds is 1. The van der Waals surface area contributed by atoms with Crippen molar-refractivity contribution in [2.45, 2.75) is 0 Å². The lowest BCUT2D eigenvalue weighted by Crippen LogP contribution is -1.81. The van der Waals surface area contributed by atoms with Crippen LogP contribution in [0.1, 0.15) is 5.56 Å². The van der Waals surface area contributed by atoms with Gasteiger partial charge in [-0.25, -0.2) is 0 Å². The molecule has 0 saturated heterocycles. The molecule has 0 heterocycles. The molecule has 0 radical (unpaired) electrons. The maximum Gasteiger partial charge on any atom is 0.392 e. The van der Waals surface area contributed by atoms with E-state index in [2.05, 4.69) is 0 Å². The Morgan fingerprint density at radius 2 is 1.60 bits per heavy atom. The van der Waals surface area contributed by atoms with Crippen LogP contribution < -0.4 is 0 Å². The molecule has 0 spiro atoms. The molecule has 52 valence electrons. The molecule has 0 aliphatic carbocycles. The third-order valence-electron chi connectivity index (χ3n) is 1.06. The highest BCUT2D eigenvalue weighted by molar-refractivity contribution is 6.30. The molecule has 1 aromatic carbocycles. The predicted molar refractivity (Wildman–Crippen MR) is 36.0 cm³/mol. The minimum absolute atomic E-state index is 0.0793. The van der Waals surface area contributed by atoms with Crippen LogP contribution >= 0.6 is 11.6 Å². The molecule has 3 heteroatoms. The third kappa shape index (κ3) is 1.61. The van der Waals surface area contributed by atoms with E-state index in [4.69, 9.17) is 11.6 Å². The highest BCUT2D eigenvalue weighted by atomic mass is 35.5. The van der Waals surface area contributed by atoms with Crippen LogP contribution in [0, 0.1) is 6.43 Å². The summed E-state index contributed by atoms with van der Waals surface area (Å²) in [5.41, 5.74) is -0.0793. The van der Waals surface area contributed by atoms with Gasteiger partial charge < -0.3 is 0 Å².